The highest BCUT2D eigenvalue weighted by Gasteiger charge is 2.20. The molecule has 110 valence electrons. The van der Waals surface area contributed by atoms with Crippen LogP contribution in [0.4, 0.5) is 5.69 Å². The first kappa shape index (κ1) is 15.0. The number of hydrogen-bond donors (Lipinski definition) is 2. The number of likely N-dealkylation sites (tertiary alicyclic amines) is 1. The molecule has 1 unspecified atom stereocenters. The van der Waals surface area contributed by atoms with Crippen LogP contribution in [-0.2, 0) is 11.2 Å². The van der Waals surface area contributed by atoms with Crippen LogP contribution in [-0.4, -0.2) is 43.5 Å². The Labute approximate surface area is 121 Å². The lowest BCUT2D eigenvalue weighted by Crippen LogP contribution is -2.46. The summed E-state index contributed by atoms with van der Waals surface area (Å²) in [5.41, 5.74) is 2.17. The van der Waals surface area contributed by atoms with Crippen LogP contribution in [0.2, 0.25) is 0 Å². The Bertz CT molecular complexity index is 430. The zero-order valence-electron chi connectivity index (χ0n) is 12.5. The normalized spacial score (nSPS) is 19.8. The monoisotopic (exact) mass is 275 g/mol. The van der Waals surface area contributed by atoms with E-state index < -0.39 is 0 Å². The van der Waals surface area contributed by atoms with Crippen LogP contribution < -0.4 is 10.6 Å². The van der Waals surface area contributed by atoms with Crippen molar-refractivity contribution in [2.24, 2.45) is 0 Å². The number of amides is 1. The molecular weight excluding hydrogens is 250 g/mol. The molecule has 2 rings (SSSR count). The Morgan fingerprint density at radius 1 is 1.35 bits per heavy atom. The number of nitrogens with zero attached hydrogens (tertiary/aromatic N) is 1. The number of carbonyl (C=O) groups excluding carboxylic acids is 1. The first-order valence-corrected chi connectivity index (χ1v) is 7.49. The van der Waals surface area contributed by atoms with Gasteiger partial charge in [-0.1, -0.05) is 19.1 Å². The van der Waals surface area contributed by atoms with E-state index in [9.17, 15) is 4.79 Å². The third-order valence-electron chi connectivity index (χ3n) is 3.93. The van der Waals surface area contributed by atoms with Gasteiger partial charge in [-0.3, -0.25) is 9.69 Å². The molecule has 1 aromatic carbocycles. The maximum Gasteiger partial charge on any atom is 0.238 e. The molecule has 0 radical (unpaired) electrons. The van der Waals surface area contributed by atoms with E-state index in [1.54, 1.807) is 0 Å². The number of hydrogen-bond acceptors (Lipinski definition) is 3. The molecule has 1 saturated heterocycles. The Hall–Kier alpha value is -1.39. The van der Waals surface area contributed by atoms with Crippen LogP contribution in [0.3, 0.4) is 0 Å². The fourth-order valence-corrected chi connectivity index (χ4v) is 2.66. The van der Waals surface area contributed by atoms with Crippen molar-refractivity contribution in [3.63, 3.8) is 0 Å². The fraction of sp³-hybridized carbons (Fsp3) is 0.562. The van der Waals surface area contributed by atoms with Gasteiger partial charge in [0, 0.05) is 18.3 Å². The van der Waals surface area contributed by atoms with Gasteiger partial charge in [0.25, 0.3) is 0 Å². The number of rotatable bonds is 5. The SMILES string of the molecule is CCc1ccc(NC(=O)CN2CCCC(NC)C2)cc1. The standard InChI is InChI=1S/C16H25N3O/c1-3-13-6-8-14(9-7-13)18-16(20)12-19-10-4-5-15(11-19)17-2/h6-9,15,17H,3-5,10-12H2,1-2H3,(H,18,20). The minimum absolute atomic E-state index is 0.0750. The Kier molecular flexibility index (Phi) is 5.56. The highest BCUT2D eigenvalue weighted by atomic mass is 16.2. The molecule has 2 N–H and O–H groups in total. The van der Waals surface area contributed by atoms with Gasteiger partial charge >= 0.3 is 0 Å². The fourth-order valence-electron chi connectivity index (χ4n) is 2.66. The summed E-state index contributed by atoms with van der Waals surface area (Å²) < 4.78 is 0. The van der Waals surface area contributed by atoms with Gasteiger partial charge in [-0.2, -0.15) is 0 Å². The predicted octanol–water partition coefficient (Wildman–Crippen LogP) is 1.87. The molecule has 1 heterocycles. The van der Waals surface area contributed by atoms with Gasteiger partial charge in [0.15, 0.2) is 0 Å². The van der Waals surface area contributed by atoms with Gasteiger partial charge in [-0.25, -0.2) is 0 Å². The van der Waals surface area contributed by atoms with Crippen LogP contribution in [0.15, 0.2) is 24.3 Å². The topological polar surface area (TPSA) is 44.4 Å². The van der Waals surface area contributed by atoms with Gasteiger partial charge in [0.05, 0.1) is 6.54 Å². The Morgan fingerprint density at radius 3 is 2.75 bits per heavy atom. The molecule has 1 fully saturated rings. The summed E-state index contributed by atoms with van der Waals surface area (Å²) in [6.45, 7) is 4.58. The number of aryl methyl sites for hydroxylation is 1. The average Bonchev–Trinajstić information content (AvgIpc) is 2.48. The molecular formula is C16H25N3O. The zero-order valence-corrected chi connectivity index (χ0v) is 12.5. The van der Waals surface area contributed by atoms with Crippen molar-refractivity contribution in [1.82, 2.24) is 10.2 Å². The van der Waals surface area contributed by atoms with Crippen LogP contribution in [0.5, 0.6) is 0 Å². The van der Waals surface area contributed by atoms with Crippen LogP contribution in [0.1, 0.15) is 25.3 Å². The lowest BCUT2D eigenvalue weighted by Gasteiger charge is -2.31. The first-order valence-electron chi connectivity index (χ1n) is 7.49. The molecule has 0 saturated carbocycles. The van der Waals surface area contributed by atoms with Crippen LogP contribution >= 0.6 is 0 Å². The molecule has 0 bridgehead atoms. The highest BCUT2D eigenvalue weighted by Crippen LogP contribution is 2.12. The largest absolute Gasteiger partial charge is 0.325 e. The van der Waals surface area contributed by atoms with Crippen molar-refractivity contribution in [2.75, 3.05) is 32.0 Å². The van der Waals surface area contributed by atoms with E-state index in [2.05, 4.69) is 34.6 Å². The number of benzene rings is 1. The number of carbonyl (C=O) groups is 1. The molecule has 0 aromatic heterocycles. The van der Waals surface area contributed by atoms with E-state index in [0.29, 0.717) is 12.6 Å². The third-order valence-corrected chi connectivity index (χ3v) is 3.93. The number of likely N-dealkylation sites (N-methyl/N-ethyl adjacent to an activating group) is 1. The van der Waals surface area contributed by atoms with Crippen LogP contribution in [0, 0.1) is 0 Å². The zero-order chi connectivity index (χ0) is 14.4. The molecule has 0 spiro atoms. The quantitative estimate of drug-likeness (QED) is 0.862. The molecule has 1 aromatic rings. The smallest absolute Gasteiger partial charge is 0.238 e. The summed E-state index contributed by atoms with van der Waals surface area (Å²) in [6, 6.07) is 8.59. The summed E-state index contributed by atoms with van der Waals surface area (Å²) in [5, 5.41) is 6.27. The molecule has 1 aliphatic rings. The molecule has 20 heavy (non-hydrogen) atoms. The number of anilines is 1. The van der Waals surface area contributed by atoms with Crippen molar-refractivity contribution < 1.29 is 4.79 Å². The van der Waals surface area contributed by atoms with Gasteiger partial charge in [0.1, 0.15) is 0 Å². The number of piperidine rings is 1. The molecule has 4 heteroatoms. The van der Waals surface area contributed by atoms with Crippen LogP contribution in [0.25, 0.3) is 0 Å². The average molecular weight is 275 g/mol. The summed E-state index contributed by atoms with van der Waals surface area (Å²) >= 11 is 0. The highest BCUT2D eigenvalue weighted by molar-refractivity contribution is 5.92. The second-order valence-electron chi connectivity index (χ2n) is 5.46. The Balaban J connectivity index is 1.82. The number of nitrogens with one attached hydrogen (secondary N) is 2. The van der Waals surface area contributed by atoms with E-state index in [1.165, 1.54) is 12.0 Å². The molecule has 1 amide bonds. The summed E-state index contributed by atoms with van der Waals surface area (Å²) in [5.74, 6) is 0.0750. The first-order chi connectivity index (χ1) is 9.71. The lowest BCUT2D eigenvalue weighted by molar-refractivity contribution is -0.117. The summed E-state index contributed by atoms with van der Waals surface area (Å²) in [4.78, 5) is 14.3. The molecule has 1 aliphatic heterocycles. The van der Waals surface area contributed by atoms with E-state index in [-0.39, 0.29) is 5.91 Å². The second kappa shape index (κ2) is 7.41. The van der Waals surface area contributed by atoms with Crippen molar-refractivity contribution in [2.45, 2.75) is 32.2 Å². The second-order valence-corrected chi connectivity index (χ2v) is 5.46. The van der Waals surface area contributed by atoms with Gasteiger partial charge < -0.3 is 10.6 Å². The predicted molar refractivity (Wildman–Crippen MR) is 83.0 cm³/mol. The third kappa shape index (κ3) is 4.32. The summed E-state index contributed by atoms with van der Waals surface area (Å²) in [6.07, 6.45) is 3.38. The van der Waals surface area contributed by atoms with E-state index in [4.69, 9.17) is 0 Å². The van der Waals surface area contributed by atoms with Gasteiger partial charge in [-0.15, -0.1) is 0 Å². The van der Waals surface area contributed by atoms with Gasteiger partial charge in [0.2, 0.25) is 5.91 Å². The van der Waals surface area contributed by atoms with Crippen molar-refractivity contribution in [3.05, 3.63) is 29.8 Å². The van der Waals surface area contributed by atoms with E-state index in [1.807, 2.05) is 19.2 Å². The molecule has 0 aliphatic carbocycles. The van der Waals surface area contributed by atoms with Crippen molar-refractivity contribution in [1.29, 1.82) is 0 Å². The maximum absolute atomic E-state index is 12.1. The van der Waals surface area contributed by atoms with Crippen molar-refractivity contribution in [3.8, 4) is 0 Å². The Morgan fingerprint density at radius 2 is 2.10 bits per heavy atom. The van der Waals surface area contributed by atoms with Gasteiger partial charge in [-0.05, 0) is 50.6 Å². The lowest BCUT2D eigenvalue weighted by atomic mass is 10.1. The minimum atomic E-state index is 0.0750. The van der Waals surface area contributed by atoms with E-state index in [0.717, 1.165) is 31.6 Å². The van der Waals surface area contributed by atoms with Crippen molar-refractivity contribution >= 4 is 11.6 Å². The maximum atomic E-state index is 12.1. The van der Waals surface area contributed by atoms with E-state index >= 15 is 0 Å². The minimum Gasteiger partial charge on any atom is -0.325 e. The molecule has 4 nitrogen and oxygen atoms in total. The summed E-state index contributed by atoms with van der Waals surface area (Å²) in [7, 11) is 1.99. The molecule has 1 atom stereocenters.